The summed E-state index contributed by atoms with van der Waals surface area (Å²) in [4.78, 5) is 49.1. The summed E-state index contributed by atoms with van der Waals surface area (Å²) in [5, 5.41) is 10.9. The van der Waals surface area contributed by atoms with Crippen molar-refractivity contribution in [1.29, 1.82) is 0 Å². The number of benzene rings is 2. The fourth-order valence-corrected chi connectivity index (χ4v) is 3.62. The average Bonchev–Trinajstić information content (AvgIpc) is 3.03. The smallest absolute Gasteiger partial charge is 0.344 e. The first kappa shape index (κ1) is 23.8. The number of hydrogen-bond acceptors (Lipinski definition) is 7. The second kappa shape index (κ2) is 10.2. The van der Waals surface area contributed by atoms with Gasteiger partial charge in [0.25, 0.3) is 11.1 Å². The molecule has 2 N–H and O–H groups in total. The van der Waals surface area contributed by atoms with Gasteiger partial charge in [-0.15, -0.1) is 0 Å². The number of imide groups is 1. The summed E-state index contributed by atoms with van der Waals surface area (Å²) in [7, 11) is 1.38. The third-order valence-corrected chi connectivity index (χ3v) is 5.35. The first-order valence-corrected chi connectivity index (χ1v) is 10.4. The van der Waals surface area contributed by atoms with E-state index in [0.29, 0.717) is 23.0 Å². The average molecular weight is 474 g/mol. The molecule has 2 aromatic rings. The van der Waals surface area contributed by atoms with E-state index in [1.807, 2.05) is 0 Å². The Morgan fingerprint density at radius 2 is 1.88 bits per heavy atom. The SMILES string of the molecule is COc1cc(/C=C2\SC(=O)N(CC(=O)Nc3ccc(F)cc3)C2=O)ccc1O[C@H](C)C(=O)O. The molecule has 1 heterocycles. The molecule has 2 aromatic carbocycles. The molecule has 3 amide bonds. The van der Waals surface area contributed by atoms with Gasteiger partial charge in [-0.1, -0.05) is 6.07 Å². The number of thioether (sulfide) groups is 1. The van der Waals surface area contributed by atoms with Gasteiger partial charge in [0.15, 0.2) is 17.6 Å². The van der Waals surface area contributed by atoms with Crippen LogP contribution in [0.3, 0.4) is 0 Å². The van der Waals surface area contributed by atoms with E-state index in [2.05, 4.69) is 5.32 Å². The summed E-state index contributed by atoms with van der Waals surface area (Å²) in [6.07, 6.45) is 0.359. The minimum atomic E-state index is -1.14. The number of ether oxygens (including phenoxy) is 2. The molecule has 1 atom stereocenters. The van der Waals surface area contributed by atoms with Crippen LogP contribution in [-0.4, -0.2) is 52.8 Å². The summed E-state index contributed by atoms with van der Waals surface area (Å²) in [5.74, 6) is -2.40. The number of hydrogen-bond donors (Lipinski definition) is 2. The van der Waals surface area contributed by atoms with Crippen LogP contribution in [0.5, 0.6) is 11.5 Å². The molecule has 0 saturated carbocycles. The van der Waals surface area contributed by atoms with Gasteiger partial charge < -0.3 is 19.9 Å². The van der Waals surface area contributed by atoms with Crippen LogP contribution < -0.4 is 14.8 Å². The molecule has 1 aliphatic rings. The van der Waals surface area contributed by atoms with E-state index < -0.39 is 41.5 Å². The molecule has 0 aromatic heterocycles. The highest BCUT2D eigenvalue weighted by Crippen LogP contribution is 2.34. The molecule has 0 unspecified atom stereocenters. The predicted octanol–water partition coefficient (Wildman–Crippen LogP) is 3.36. The van der Waals surface area contributed by atoms with Crippen LogP contribution in [0, 0.1) is 5.82 Å². The van der Waals surface area contributed by atoms with E-state index in [4.69, 9.17) is 14.6 Å². The van der Waals surface area contributed by atoms with Gasteiger partial charge in [0.1, 0.15) is 12.4 Å². The Kier molecular flexibility index (Phi) is 7.34. The Hall–Kier alpha value is -3.86. The Labute approximate surface area is 192 Å². The monoisotopic (exact) mass is 474 g/mol. The van der Waals surface area contributed by atoms with Crippen LogP contribution >= 0.6 is 11.8 Å². The van der Waals surface area contributed by atoms with E-state index in [9.17, 15) is 23.6 Å². The molecule has 9 nitrogen and oxygen atoms in total. The number of anilines is 1. The summed E-state index contributed by atoms with van der Waals surface area (Å²) >= 11 is 0.678. The maximum Gasteiger partial charge on any atom is 0.344 e. The van der Waals surface area contributed by atoms with Gasteiger partial charge in [-0.05, 0) is 66.7 Å². The van der Waals surface area contributed by atoms with Crippen LogP contribution in [0.15, 0.2) is 47.4 Å². The van der Waals surface area contributed by atoms with E-state index in [1.54, 1.807) is 6.07 Å². The number of carboxylic acids is 1. The largest absolute Gasteiger partial charge is 0.493 e. The Bertz CT molecular complexity index is 1130. The number of carbonyl (C=O) groups is 4. The van der Waals surface area contributed by atoms with Crippen LogP contribution in [-0.2, 0) is 14.4 Å². The molecule has 0 radical (unpaired) electrons. The summed E-state index contributed by atoms with van der Waals surface area (Å²) in [6, 6.07) is 9.65. The van der Waals surface area contributed by atoms with Crippen molar-refractivity contribution in [2.75, 3.05) is 19.0 Å². The summed E-state index contributed by atoms with van der Waals surface area (Å²) in [6.45, 7) is 0.875. The standard InChI is InChI=1S/C22H19FN2O7S/c1-12(21(28)29)32-16-8-3-13(9-17(16)31-2)10-18-20(27)25(22(30)33-18)11-19(26)24-15-6-4-14(23)5-7-15/h3-10,12H,11H2,1-2H3,(H,24,26)(H,28,29)/b18-10-/t12-/m1/s1. The minimum absolute atomic E-state index is 0.101. The van der Waals surface area contributed by atoms with Gasteiger partial charge in [0, 0.05) is 5.69 Å². The van der Waals surface area contributed by atoms with Gasteiger partial charge >= 0.3 is 5.97 Å². The van der Waals surface area contributed by atoms with Crippen molar-refractivity contribution in [3.8, 4) is 11.5 Å². The Morgan fingerprint density at radius 1 is 1.18 bits per heavy atom. The zero-order chi connectivity index (χ0) is 24.1. The predicted molar refractivity (Wildman–Crippen MR) is 118 cm³/mol. The maximum absolute atomic E-state index is 13.0. The number of aliphatic carboxylic acids is 1. The normalized spacial score (nSPS) is 15.5. The van der Waals surface area contributed by atoms with Crippen molar-refractivity contribution >= 4 is 46.5 Å². The van der Waals surface area contributed by atoms with Crippen LogP contribution in [0.2, 0.25) is 0 Å². The number of amides is 3. The van der Waals surface area contributed by atoms with Crippen molar-refractivity contribution in [1.82, 2.24) is 4.90 Å². The molecule has 0 spiro atoms. The highest BCUT2D eigenvalue weighted by molar-refractivity contribution is 8.18. The molecule has 1 saturated heterocycles. The Balaban J connectivity index is 1.71. The second-order valence-corrected chi connectivity index (χ2v) is 7.82. The number of carboxylic acid groups (broad SMARTS) is 1. The van der Waals surface area contributed by atoms with Gasteiger partial charge in [-0.3, -0.25) is 19.3 Å². The minimum Gasteiger partial charge on any atom is -0.493 e. The van der Waals surface area contributed by atoms with E-state index >= 15 is 0 Å². The fraction of sp³-hybridized carbons (Fsp3) is 0.182. The lowest BCUT2D eigenvalue weighted by Gasteiger charge is -2.14. The lowest BCUT2D eigenvalue weighted by molar-refractivity contribution is -0.144. The molecule has 1 aliphatic heterocycles. The third kappa shape index (κ3) is 5.89. The number of halogens is 1. The van der Waals surface area contributed by atoms with Gasteiger partial charge in [0.2, 0.25) is 5.91 Å². The summed E-state index contributed by atoms with van der Waals surface area (Å²) < 4.78 is 23.5. The first-order chi connectivity index (χ1) is 15.7. The highest BCUT2D eigenvalue weighted by atomic mass is 32.2. The van der Waals surface area contributed by atoms with Gasteiger partial charge in [-0.25, -0.2) is 9.18 Å². The van der Waals surface area contributed by atoms with Crippen molar-refractivity contribution in [3.05, 3.63) is 58.8 Å². The Morgan fingerprint density at radius 3 is 2.52 bits per heavy atom. The first-order valence-electron chi connectivity index (χ1n) is 9.56. The molecule has 1 fully saturated rings. The topological polar surface area (TPSA) is 122 Å². The number of carbonyl (C=O) groups excluding carboxylic acids is 3. The van der Waals surface area contributed by atoms with E-state index in [0.717, 1.165) is 4.90 Å². The number of nitrogens with one attached hydrogen (secondary N) is 1. The fourth-order valence-electron chi connectivity index (χ4n) is 2.78. The van der Waals surface area contributed by atoms with E-state index in [1.165, 1.54) is 56.5 Å². The van der Waals surface area contributed by atoms with E-state index in [-0.39, 0.29) is 16.4 Å². The van der Waals surface area contributed by atoms with Gasteiger partial charge in [0.05, 0.1) is 12.0 Å². The van der Waals surface area contributed by atoms with Crippen molar-refractivity contribution < 1.29 is 38.1 Å². The molecule has 0 bridgehead atoms. The van der Waals surface area contributed by atoms with Crippen molar-refractivity contribution in [2.45, 2.75) is 13.0 Å². The van der Waals surface area contributed by atoms with Crippen LogP contribution in [0.4, 0.5) is 14.9 Å². The maximum atomic E-state index is 13.0. The molecule has 172 valence electrons. The molecule has 33 heavy (non-hydrogen) atoms. The molecule has 11 heteroatoms. The lowest BCUT2D eigenvalue weighted by Crippen LogP contribution is -2.36. The van der Waals surface area contributed by atoms with Gasteiger partial charge in [-0.2, -0.15) is 0 Å². The molecule has 3 rings (SSSR count). The van der Waals surface area contributed by atoms with Crippen molar-refractivity contribution in [2.24, 2.45) is 0 Å². The summed E-state index contributed by atoms with van der Waals surface area (Å²) in [5.41, 5.74) is 0.832. The zero-order valence-electron chi connectivity index (χ0n) is 17.5. The molecular weight excluding hydrogens is 455 g/mol. The number of rotatable bonds is 8. The second-order valence-electron chi connectivity index (χ2n) is 6.83. The third-order valence-electron chi connectivity index (χ3n) is 4.44. The zero-order valence-corrected chi connectivity index (χ0v) is 18.3. The van der Waals surface area contributed by atoms with Crippen LogP contribution in [0.1, 0.15) is 12.5 Å². The molecular formula is C22H19FN2O7S. The van der Waals surface area contributed by atoms with Crippen molar-refractivity contribution in [3.63, 3.8) is 0 Å². The molecule has 0 aliphatic carbocycles. The number of methoxy groups -OCH3 is 1. The van der Waals surface area contributed by atoms with Crippen LogP contribution in [0.25, 0.3) is 6.08 Å². The number of nitrogens with zero attached hydrogens (tertiary/aromatic N) is 1. The lowest BCUT2D eigenvalue weighted by atomic mass is 10.2. The highest BCUT2D eigenvalue weighted by Gasteiger charge is 2.36. The quantitative estimate of drug-likeness (QED) is 0.559.